The number of hydrogen-bond acceptors (Lipinski definition) is 2. The van der Waals surface area contributed by atoms with Gasteiger partial charge in [-0.3, -0.25) is 0 Å². The molecule has 1 rings (SSSR count). The Morgan fingerprint density at radius 2 is 2.10 bits per heavy atom. The normalized spacial score (nSPS) is 22.3. The molecule has 0 spiro atoms. The Hall–Kier alpha value is 0.452. The van der Waals surface area contributed by atoms with Crippen molar-refractivity contribution in [3.05, 3.63) is 0 Å². The van der Waals surface area contributed by atoms with Gasteiger partial charge in [0.05, 0.1) is 0 Å². The SMILES string of the molecule is CC(C)(C)[N]1CCC[O][AlH]1. The quantitative estimate of drug-likeness (QED) is 0.482. The Morgan fingerprint density at radius 3 is 2.40 bits per heavy atom. The van der Waals surface area contributed by atoms with Crippen LogP contribution in [-0.4, -0.2) is 38.3 Å². The van der Waals surface area contributed by atoms with Gasteiger partial charge in [-0.2, -0.15) is 0 Å². The monoisotopic (exact) mass is 157 g/mol. The first-order valence-electron chi connectivity index (χ1n) is 3.93. The fraction of sp³-hybridized carbons (Fsp3) is 1.00. The molecule has 0 unspecified atom stereocenters. The molecule has 2 nitrogen and oxygen atoms in total. The fourth-order valence-electron chi connectivity index (χ4n) is 1.13. The molecule has 0 bridgehead atoms. The standard InChI is InChI=1S/C7H15NO.Al.H/c1-7(2,3)8-5-4-6-9;;/h4-6H2,1-3H3;;/q-2;+2;. The average molecular weight is 157 g/mol. The van der Waals surface area contributed by atoms with Crippen molar-refractivity contribution in [3.8, 4) is 0 Å². The van der Waals surface area contributed by atoms with Crippen LogP contribution in [-0.2, 0) is 3.79 Å². The third-order valence-electron chi connectivity index (χ3n) is 1.91. The highest BCUT2D eigenvalue weighted by atomic mass is 27.1. The van der Waals surface area contributed by atoms with E-state index in [1.165, 1.54) is 13.0 Å². The highest BCUT2D eigenvalue weighted by molar-refractivity contribution is 6.23. The number of rotatable bonds is 0. The first-order chi connectivity index (χ1) is 4.61. The van der Waals surface area contributed by atoms with Crippen molar-refractivity contribution in [2.24, 2.45) is 0 Å². The zero-order valence-corrected chi connectivity index (χ0v) is 8.60. The first-order valence-corrected chi connectivity index (χ1v) is 5.14. The first kappa shape index (κ1) is 8.55. The molecule has 0 N–H and O–H groups in total. The molecule has 0 amide bonds. The van der Waals surface area contributed by atoms with Gasteiger partial charge >= 0.3 is 15.8 Å². The van der Waals surface area contributed by atoms with Crippen LogP contribution in [0, 0.1) is 0 Å². The molecule has 3 heteroatoms. The molecule has 0 aromatic heterocycles. The third kappa shape index (κ3) is 2.25. The van der Waals surface area contributed by atoms with E-state index in [0.717, 1.165) is 6.61 Å². The summed E-state index contributed by atoms with van der Waals surface area (Å²) in [5.74, 6) is 0. The molecule has 0 aromatic rings. The van der Waals surface area contributed by atoms with Crippen LogP contribution >= 0.6 is 0 Å². The molecule has 1 heterocycles. The van der Waals surface area contributed by atoms with Gasteiger partial charge in [-0.05, 0) is 39.3 Å². The van der Waals surface area contributed by atoms with Gasteiger partial charge in [0, 0.05) is 6.61 Å². The van der Waals surface area contributed by atoms with Gasteiger partial charge in [0.25, 0.3) is 0 Å². The zero-order valence-electron chi connectivity index (χ0n) is 7.18. The topological polar surface area (TPSA) is 12.5 Å². The molecular formula is C7H16AlNO. The van der Waals surface area contributed by atoms with Crippen LogP contribution in [0.2, 0.25) is 0 Å². The number of hydrogen-bond donors (Lipinski definition) is 0. The second-order valence-electron chi connectivity index (χ2n) is 3.83. The van der Waals surface area contributed by atoms with Gasteiger partial charge in [0.2, 0.25) is 0 Å². The van der Waals surface area contributed by atoms with Crippen LogP contribution in [0.1, 0.15) is 27.2 Å². The third-order valence-corrected chi connectivity index (χ3v) is 3.96. The van der Waals surface area contributed by atoms with Crippen molar-refractivity contribution in [2.75, 3.05) is 13.2 Å². The zero-order chi connectivity index (χ0) is 7.61. The van der Waals surface area contributed by atoms with E-state index in [4.69, 9.17) is 3.79 Å². The molecule has 1 aliphatic rings. The second kappa shape index (κ2) is 3.23. The van der Waals surface area contributed by atoms with Crippen LogP contribution in [0.5, 0.6) is 0 Å². The van der Waals surface area contributed by atoms with E-state index in [9.17, 15) is 0 Å². The summed E-state index contributed by atoms with van der Waals surface area (Å²) in [5.41, 5.74) is 0.340. The lowest BCUT2D eigenvalue weighted by molar-refractivity contribution is 0.152. The predicted octanol–water partition coefficient (Wildman–Crippen LogP) is 0.774. The molecule has 1 saturated heterocycles. The molecule has 1 fully saturated rings. The molecule has 0 aliphatic carbocycles. The van der Waals surface area contributed by atoms with Crippen molar-refractivity contribution in [3.63, 3.8) is 0 Å². The van der Waals surface area contributed by atoms with Crippen molar-refractivity contribution < 1.29 is 3.79 Å². The smallest absolute Gasteiger partial charge is 0.491 e. The van der Waals surface area contributed by atoms with E-state index in [0.29, 0.717) is 5.54 Å². The molecule has 0 saturated carbocycles. The van der Waals surface area contributed by atoms with Gasteiger partial charge < -0.3 is 7.67 Å². The minimum atomic E-state index is -0.348. The molecular weight excluding hydrogens is 141 g/mol. The van der Waals surface area contributed by atoms with Crippen LogP contribution in [0.25, 0.3) is 0 Å². The summed E-state index contributed by atoms with van der Waals surface area (Å²) in [6, 6.07) is 0. The Kier molecular flexibility index (Phi) is 2.76. The second-order valence-corrected chi connectivity index (χ2v) is 5.26. The van der Waals surface area contributed by atoms with Crippen molar-refractivity contribution >= 4 is 15.8 Å². The maximum atomic E-state index is 5.47. The fourth-order valence-corrected chi connectivity index (χ4v) is 2.42. The minimum absolute atomic E-state index is 0.340. The minimum Gasteiger partial charge on any atom is -0.491 e. The molecule has 0 radical (unpaired) electrons. The van der Waals surface area contributed by atoms with E-state index >= 15 is 0 Å². The van der Waals surface area contributed by atoms with Gasteiger partial charge in [0.15, 0.2) is 0 Å². The van der Waals surface area contributed by atoms with Crippen LogP contribution < -0.4 is 0 Å². The maximum Gasteiger partial charge on any atom is 0.555 e. The van der Waals surface area contributed by atoms with Crippen LogP contribution in [0.3, 0.4) is 0 Å². The van der Waals surface area contributed by atoms with E-state index < -0.39 is 0 Å². The summed E-state index contributed by atoms with van der Waals surface area (Å²) in [4.78, 5) is 0. The van der Waals surface area contributed by atoms with Gasteiger partial charge in [-0.1, -0.05) is 0 Å². The maximum absolute atomic E-state index is 5.47. The summed E-state index contributed by atoms with van der Waals surface area (Å²) >= 11 is -0.348. The van der Waals surface area contributed by atoms with Crippen LogP contribution in [0.15, 0.2) is 0 Å². The Bertz CT molecular complexity index is 105. The summed E-state index contributed by atoms with van der Waals surface area (Å²) in [7, 11) is 0. The molecule has 58 valence electrons. The lowest BCUT2D eigenvalue weighted by Crippen LogP contribution is -2.48. The molecule has 0 atom stereocenters. The highest BCUT2D eigenvalue weighted by Gasteiger charge is 2.25. The lowest BCUT2D eigenvalue weighted by Gasteiger charge is -2.37. The predicted molar refractivity (Wildman–Crippen MR) is 44.2 cm³/mol. The van der Waals surface area contributed by atoms with Crippen molar-refractivity contribution in [1.29, 1.82) is 0 Å². The molecule has 0 aromatic carbocycles. The van der Waals surface area contributed by atoms with Crippen molar-refractivity contribution in [1.82, 2.24) is 3.88 Å². The lowest BCUT2D eigenvalue weighted by atomic mass is 10.1. The Morgan fingerprint density at radius 1 is 1.40 bits per heavy atom. The largest absolute Gasteiger partial charge is 0.555 e. The Balaban J connectivity index is 2.39. The van der Waals surface area contributed by atoms with Gasteiger partial charge in [-0.25, -0.2) is 0 Å². The summed E-state index contributed by atoms with van der Waals surface area (Å²) in [6.07, 6.45) is 1.21. The summed E-state index contributed by atoms with van der Waals surface area (Å²) < 4.78 is 7.97. The average Bonchev–Trinajstić information content (AvgIpc) is 1.88. The van der Waals surface area contributed by atoms with Crippen molar-refractivity contribution in [2.45, 2.75) is 32.7 Å². The van der Waals surface area contributed by atoms with Gasteiger partial charge in [-0.15, -0.1) is 0 Å². The highest BCUT2D eigenvalue weighted by Crippen LogP contribution is 2.14. The van der Waals surface area contributed by atoms with E-state index in [1.807, 2.05) is 0 Å². The van der Waals surface area contributed by atoms with Crippen LogP contribution in [0.4, 0.5) is 0 Å². The Labute approximate surface area is 69.8 Å². The molecule has 1 aliphatic heterocycles. The number of nitrogens with zero attached hydrogens (tertiary/aromatic N) is 1. The summed E-state index contributed by atoms with van der Waals surface area (Å²) in [5, 5.41) is 0. The van der Waals surface area contributed by atoms with Gasteiger partial charge in [0.1, 0.15) is 0 Å². The van der Waals surface area contributed by atoms with E-state index in [1.54, 1.807) is 0 Å². The summed E-state index contributed by atoms with van der Waals surface area (Å²) in [6.45, 7) is 9.02. The van der Waals surface area contributed by atoms with E-state index in [2.05, 4.69) is 24.7 Å². The van der Waals surface area contributed by atoms with E-state index in [-0.39, 0.29) is 15.8 Å². The molecule has 10 heavy (non-hydrogen) atoms.